The van der Waals surface area contributed by atoms with Gasteiger partial charge in [-0.2, -0.15) is 0 Å². The van der Waals surface area contributed by atoms with Crippen molar-refractivity contribution in [2.45, 2.75) is 19.4 Å². The zero-order valence-electron chi connectivity index (χ0n) is 9.00. The minimum absolute atomic E-state index is 0.365. The molecule has 1 aromatic carbocycles. The van der Waals surface area contributed by atoms with Crippen LogP contribution in [0.25, 0.3) is 5.03 Å². The molecule has 0 amide bonds. The van der Waals surface area contributed by atoms with Crippen LogP contribution in [0.1, 0.15) is 19.4 Å². The highest BCUT2D eigenvalue weighted by molar-refractivity contribution is 6.49. The number of fused-ring (bicyclic) bond motifs is 1. The van der Waals surface area contributed by atoms with E-state index >= 15 is 0 Å². The zero-order valence-corrected chi connectivity index (χ0v) is 9.76. The Morgan fingerprint density at radius 1 is 1.33 bits per heavy atom. The summed E-state index contributed by atoms with van der Waals surface area (Å²) in [5.41, 5.74) is 0.549. The van der Waals surface area contributed by atoms with Gasteiger partial charge in [0, 0.05) is 11.6 Å². The molecule has 15 heavy (non-hydrogen) atoms. The molecular formula is C12H13ClO2. The second-order valence-corrected chi connectivity index (χ2v) is 4.47. The van der Waals surface area contributed by atoms with Gasteiger partial charge in [0.25, 0.3) is 0 Å². The summed E-state index contributed by atoms with van der Waals surface area (Å²) in [6, 6.07) is 5.63. The van der Waals surface area contributed by atoms with Crippen LogP contribution in [0.5, 0.6) is 11.5 Å². The molecule has 1 heterocycles. The van der Waals surface area contributed by atoms with Crippen molar-refractivity contribution >= 4 is 16.6 Å². The highest BCUT2D eigenvalue weighted by Gasteiger charge is 2.25. The molecule has 2 rings (SSSR count). The van der Waals surface area contributed by atoms with Gasteiger partial charge in [-0.25, -0.2) is 0 Å². The summed E-state index contributed by atoms with van der Waals surface area (Å²) in [5, 5.41) is 0.726. The van der Waals surface area contributed by atoms with E-state index in [1.165, 1.54) is 0 Å². The largest absolute Gasteiger partial charge is 0.497 e. The molecule has 0 radical (unpaired) electrons. The first kappa shape index (κ1) is 10.4. The van der Waals surface area contributed by atoms with Crippen LogP contribution in [-0.4, -0.2) is 12.7 Å². The summed E-state index contributed by atoms with van der Waals surface area (Å²) in [4.78, 5) is 0. The highest BCUT2D eigenvalue weighted by atomic mass is 35.5. The second-order valence-electron chi connectivity index (χ2n) is 4.06. The molecule has 0 atom stereocenters. The molecule has 0 saturated heterocycles. The number of methoxy groups -OCH3 is 1. The van der Waals surface area contributed by atoms with Crippen molar-refractivity contribution in [1.29, 1.82) is 0 Å². The van der Waals surface area contributed by atoms with Crippen molar-refractivity contribution in [1.82, 2.24) is 0 Å². The normalized spacial score (nSPS) is 17.5. The molecule has 0 spiro atoms. The molecule has 0 aliphatic carbocycles. The Balaban J connectivity index is 2.51. The molecule has 0 saturated carbocycles. The fraction of sp³-hybridized carbons (Fsp3) is 0.333. The monoisotopic (exact) mass is 224 g/mol. The van der Waals surface area contributed by atoms with Crippen LogP contribution in [0.3, 0.4) is 0 Å². The molecular weight excluding hydrogens is 212 g/mol. The lowest BCUT2D eigenvalue weighted by Crippen LogP contribution is -2.28. The summed E-state index contributed by atoms with van der Waals surface area (Å²) in [6.45, 7) is 3.94. The standard InChI is InChI=1S/C12H13ClO2/c1-12(2)7-10(13)9-5-4-8(14-3)6-11(9)15-12/h4-7H,1-3H3. The molecule has 0 bridgehead atoms. The van der Waals surface area contributed by atoms with E-state index in [1.54, 1.807) is 7.11 Å². The quantitative estimate of drug-likeness (QED) is 0.728. The van der Waals surface area contributed by atoms with Gasteiger partial charge in [-0.05, 0) is 32.1 Å². The van der Waals surface area contributed by atoms with E-state index in [0.29, 0.717) is 0 Å². The van der Waals surface area contributed by atoms with Gasteiger partial charge in [0.15, 0.2) is 0 Å². The van der Waals surface area contributed by atoms with Gasteiger partial charge < -0.3 is 9.47 Å². The third kappa shape index (κ3) is 1.95. The van der Waals surface area contributed by atoms with E-state index in [-0.39, 0.29) is 5.60 Å². The van der Waals surface area contributed by atoms with E-state index in [4.69, 9.17) is 21.1 Å². The molecule has 3 heteroatoms. The van der Waals surface area contributed by atoms with Crippen molar-refractivity contribution < 1.29 is 9.47 Å². The first-order valence-corrected chi connectivity index (χ1v) is 5.15. The lowest BCUT2D eigenvalue weighted by molar-refractivity contribution is 0.158. The average Bonchev–Trinajstić information content (AvgIpc) is 2.14. The number of halogens is 1. The van der Waals surface area contributed by atoms with Crippen molar-refractivity contribution in [2.75, 3.05) is 7.11 Å². The van der Waals surface area contributed by atoms with E-state index in [0.717, 1.165) is 22.1 Å². The number of hydrogen-bond donors (Lipinski definition) is 0. The van der Waals surface area contributed by atoms with E-state index in [1.807, 2.05) is 38.1 Å². The molecule has 1 aromatic rings. The topological polar surface area (TPSA) is 18.5 Å². The Kier molecular flexibility index (Phi) is 2.39. The van der Waals surface area contributed by atoms with Gasteiger partial charge in [-0.1, -0.05) is 11.6 Å². The van der Waals surface area contributed by atoms with Gasteiger partial charge in [-0.15, -0.1) is 0 Å². The van der Waals surface area contributed by atoms with Crippen LogP contribution in [0.4, 0.5) is 0 Å². The molecule has 0 unspecified atom stereocenters. The molecule has 0 fully saturated rings. The first-order valence-electron chi connectivity index (χ1n) is 4.77. The van der Waals surface area contributed by atoms with E-state index in [2.05, 4.69) is 0 Å². The fourth-order valence-electron chi connectivity index (χ4n) is 1.61. The fourth-order valence-corrected chi connectivity index (χ4v) is 2.03. The van der Waals surface area contributed by atoms with Crippen LogP contribution < -0.4 is 9.47 Å². The number of rotatable bonds is 1. The predicted molar refractivity (Wildman–Crippen MR) is 61.5 cm³/mol. The third-order valence-corrected chi connectivity index (χ3v) is 2.61. The van der Waals surface area contributed by atoms with E-state index in [9.17, 15) is 0 Å². The van der Waals surface area contributed by atoms with Crippen molar-refractivity contribution in [3.63, 3.8) is 0 Å². The van der Waals surface area contributed by atoms with Gasteiger partial charge in [-0.3, -0.25) is 0 Å². The van der Waals surface area contributed by atoms with Crippen LogP contribution in [0.15, 0.2) is 24.3 Å². The van der Waals surface area contributed by atoms with Crippen molar-refractivity contribution in [3.05, 3.63) is 29.8 Å². The Bertz CT molecular complexity index is 422. The molecule has 1 aliphatic heterocycles. The van der Waals surface area contributed by atoms with Gasteiger partial charge in [0.2, 0.25) is 0 Å². The minimum atomic E-state index is -0.365. The maximum atomic E-state index is 6.17. The van der Waals surface area contributed by atoms with Crippen LogP contribution in [0, 0.1) is 0 Å². The number of ether oxygens (including phenoxy) is 2. The molecule has 1 aliphatic rings. The second kappa shape index (κ2) is 3.46. The summed E-state index contributed by atoms with van der Waals surface area (Å²) in [7, 11) is 1.63. The smallest absolute Gasteiger partial charge is 0.133 e. The Hall–Kier alpha value is -1.15. The zero-order chi connectivity index (χ0) is 11.1. The van der Waals surface area contributed by atoms with Crippen LogP contribution in [0.2, 0.25) is 0 Å². The maximum Gasteiger partial charge on any atom is 0.133 e. The van der Waals surface area contributed by atoms with Gasteiger partial charge >= 0.3 is 0 Å². The van der Waals surface area contributed by atoms with Crippen molar-refractivity contribution in [3.8, 4) is 11.5 Å². The SMILES string of the molecule is COc1ccc2c(c1)OC(C)(C)C=C2Cl. The third-order valence-electron chi connectivity index (χ3n) is 2.29. The minimum Gasteiger partial charge on any atom is -0.497 e. The number of hydrogen-bond acceptors (Lipinski definition) is 2. The lowest BCUT2D eigenvalue weighted by atomic mass is 10.0. The van der Waals surface area contributed by atoms with Gasteiger partial charge in [0.1, 0.15) is 17.1 Å². The van der Waals surface area contributed by atoms with Gasteiger partial charge in [0.05, 0.1) is 12.1 Å². The van der Waals surface area contributed by atoms with Crippen LogP contribution in [-0.2, 0) is 0 Å². The number of benzene rings is 1. The summed E-state index contributed by atoms with van der Waals surface area (Å²) < 4.78 is 10.9. The molecule has 80 valence electrons. The molecule has 2 nitrogen and oxygen atoms in total. The maximum absolute atomic E-state index is 6.17. The van der Waals surface area contributed by atoms with Crippen molar-refractivity contribution in [2.24, 2.45) is 0 Å². The Labute approximate surface area is 94.5 Å². The summed E-state index contributed by atoms with van der Waals surface area (Å²) >= 11 is 6.17. The highest BCUT2D eigenvalue weighted by Crippen LogP contribution is 2.39. The molecule has 0 aromatic heterocycles. The first-order chi connectivity index (χ1) is 7.02. The summed E-state index contributed by atoms with van der Waals surface area (Å²) in [6.07, 6.45) is 1.91. The average molecular weight is 225 g/mol. The Morgan fingerprint density at radius 3 is 2.73 bits per heavy atom. The summed E-state index contributed by atoms with van der Waals surface area (Å²) in [5.74, 6) is 1.54. The lowest BCUT2D eigenvalue weighted by Gasteiger charge is -2.29. The molecule has 0 N–H and O–H groups in total. The van der Waals surface area contributed by atoms with E-state index < -0.39 is 0 Å². The Morgan fingerprint density at radius 2 is 2.07 bits per heavy atom. The predicted octanol–water partition coefficient (Wildman–Crippen LogP) is 3.45. The van der Waals surface area contributed by atoms with Crippen LogP contribution >= 0.6 is 11.6 Å².